The Bertz CT molecular complexity index is 1130. The molecule has 7 nitrogen and oxygen atoms in total. The summed E-state index contributed by atoms with van der Waals surface area (Å²) in [4.78, 5) is 28.0. The summed E-state index contributed by atoms with van der Waals surface area (Å²) in [5, 5.41) is 3.58. The Labute approximate surface area is 222 Å². The Balaban J connectivity index is 2.43. The third-order valence-electron chi connectivity index (χ3n) is 5.36. The van der Waals surface area contributed by atoms with E-state index < -0.39 is 28.5 Å². The number of unbranched alkanes of at least 4 members (excludes halogenated alkanes) is 1. The molecule has 0 unspecified atom stereocenters. The average Bonchev–Trinajstić information content (AvgIpc) is 2.80. The molecule has 0 aliphatic carbocycles. The Morgan fingerprint density at radius 2 is 1.69 bits per heavy atom. The van der Waals surface area contributed by atoms with Crippen LogP contribution < -0.4 is 9.62 Å². The number of rotatable bonds is 12. The smallest absolute Gasteiger partial charge is 0.244 e. The molecule has 0 spiro atoms. The largest absolute Gasteiger partial charge is 0.354 e. The maximum absolute atomic E-state index is 13.6. The van der Waals surface area contributed by atoms with Crippen LogP contribution in [0.5, 0.6) is 0 Å². The zero-order valence-electron chi connectivity index (χ0n) is 19.9. The van der Waals surface area contributed by atoms with Crippen LogP contribution in [0.25, 0.3) is 0 Å². The van der Waals surface area contributed by atoms with Crippen LogP contribution >= 0.6 is 34.8 Å². The number of nitrogens with zero attached hydrogens (tertiary/aromatic N) is 2. The molecular formula is C24H30Cl3N3O4S. The van der Waals surface area contributed by atoms with Gasteiger partial charge in [-0.15, -0.1) is 0 Å². The molecule has 0 saturated heterocycles. The van der Waals surface area contributed by atoms with E-state index >= 15 is 0 Å². The lowest BCUT2D eigenvalue weighted by Gasteiger charge is -2.33. The predicted octanol–water partition coefficient (Wildman–Crippen LogP) is 5.14. The molecule has 0 saturated carbocycles. The van der Waals surface area contributed by atoms with E-state index in [9.17, 15) is 18.0 Å². The molecule has 1 N–H and O–H groups in total. The average molecular weight is 563 g/mol. The topological polar surface area (TPSA) is 86.8 Å². The van der Waals surface area contributed by atoms with E-state index in [0.29, 0.717) is 18.0 Å². The standard InChI is InChI=1S/C24H30Cl3N3O4S/c1-4-6-14-28-24(32)20(5-2)29(15-17-10-12-18(25)13-11-17)22(31)16-30(35(3,33)34)21-9-7-8-19(26)23(21)27/h7-13,20H,4-6,14-16H2,1-3H3,(H,28,32)/t20-/m1/s1. The molecule has 11 heteroatoms. The van der Waals surface area contributed by atoms with Gasteiger partial charge in [0.05, 0.1) is 22.0 Å². The maximum Gasteiger partial charge on any atom is 0.244 e. The van der Waals surface area contributed by atoms with E-state index in [1.54, 1.807) is 37.3 Å². The molecule has 2 rings (SSSR count). The summed E-state index contributed by atoms with van der Waals surface area (Å²) in [5.74, 6) is -0.853. The van der Waals surface area contributed by atoms with Crippen LogP contribution in [0.3, 0.4) is 0 Å². The van der Waals surface area contributed by atoms with E-state index in [2.05, 4.69) is 5.32 Å². The third kappa shape index (κ3) is 8.27. The van der Waals surface area contributed by atoms with Gasteiger partial charge < -0.3 is 10.2 Å². The summed E-state index contributed by atoms with van der Waals surface area (Å²) in [6.45, 7) is 3.85. The highest BCUT2D eigenvalue weighted by atomic mass is 35.5. The number of hydrogen-bond acceptors (Lipinski definition) is 4. The van der Waals surface area contributed by atoms with Gasteiger partial charge in [0, 0.05) is 18.1 Å². The van der Waals surface area contributed by atoms with Gasteiger partial charge >= 0.3 is 0 Å². The fourth-order valence-electron chi connectivity index (χ4n) is 3.49. The van der Waals surface area contributed by atoms with Gasteiger partial charge in [0.2, 0.25) is 21.8 Å². The van der Waals surface area contributed by atoms with Crippen LogP contribution in [0.4, 0.5) is 5.69 Å². The van der Waals surface area contributed by atoms with E-state index in [4.69, 9.17) is 34.8 Å². The zero-order chi connectivity index (χ0) is 26.2. The molecule has 2 amide bonds. The van der Waals surface area contributed by atoms with Gasteiger partial charge in [-0.25, -0.2) is 8.42 Å². The number of halogens is 3. The molecule has 0 bridgehead atoms. The molecule has 0 radical (unpaired) electrons. The van der Waals surface area contributed by atoms with Crippen molar-refractivity contribution in [3.8, 4) is 0 Å². The molecule has 0 fully saturated rings. The van der Waals surface area contributed by atoms with Crippen LogP contribution in [0.1, 0.15) is 38.7 Å². The minimum absolute atomic E-state index is 0.0148. The molecule has 2 aromatic rings. The number of carbonyl (C=O) groups excluding carboxylic acids is 2. The second-order valence-electron chi connectivity index (χ2n) is 8.06. The number of amides is 2. The first-order valence-corrected chi connectivity index (χ1v) is 14.2. The predicted molar refractivity (Wildman–Crippen MR) is 143 cm³/mol. The Morgan fingerprint density at radius 1 is 1.03 bits per heavy atom. The van der Waals surface area contributed by atoms with Crippen LogP contribution in [0.2, 0.25) is 15.1 Å². The second kappa shape index (κ2) is 13.3. The van der Waals surface area contributed by atoms with Crippen molar-refractivity contribution >= 4 is 62.3 Å². The lowest BCUT2D eigenvalue weighted by atomic mass is 10.1. The number of nitrogens with one attached hydrogen (secondary N) is 1. The number of anilines is 1. The Hall–Kier alpha value is -2.00. The number of carbonyl (C=O) groups is 2. The SMILES string of the molecule is CCCCNC(=O)[C@@H](CC)N(Cc1ccc(Cl)cc1)C(=O)CN(c1cccc(Cl)c1Cl)S(C)(=O)=O. The lowest BCUT2D eigenvalue weighted by molar-refractivity contribution is -0.140. The summed E-state index contributed by atoms with van der Waals surface area (Å²) in [7, 11) is -3.91. The number of benzene rings is 2. The van der Waals surface area contributed by atoms with E-state index in [0.717, 1.165) is 29.0 Å². The third-order valence-corrected chi connectivity index (χ3v) is 7.55. The van der Waals surface area contributed by atoms with E-state index in [1.165, 1.54) is 17.0 Å². The second-order valence-corrected chi connectivity index (χ2v) is 11.2. The molecule has 2 aromatic carbocycles. The quantitative estimate of drug-likeness (QED) is 0.363. The van der Waals surface area contributed by atoms with Crippen LogP contribution in [0, 0.1) is 0 Å². The van der Waals surface area contributed by atoms with Gasteiger partial charge in [-0.3, -0.25) is 13.9 Å². The highest BCUT2D eigenvalue weighted by Crippen LogP contribution is 2.33. The molecule has 1 atom stereocenters. The van der Waals surface area contributed by atoms with Crippen molar-refractivity contribution in [3.05, 3.63) is 63.1 Å². The van der Waals surface area contributed by atoms with Crippen molar-refractivity contribution in [1.29, 1.82) is 0 Å². The van der Waals surface area contributed by atoms with Crippen LogP contribution in [-0.2, 0) is 26.2 Å². The molecule has 0 aliphatic heterocycles. The minimum Gasteiger partial charge on any atom is -0.354 e. The highest BCUT2D eigenvalue weighted by molar-refractivity contribution is 7.92. The Kier molecular flexibility index (Phi) is 11.1. The van der Waals surface area contributed by atoms with E-state index in [1.807, 2.05) is 6.92 Å². The minimum atomic E-state index is -3.91. The maximum atomic E-state index is 13.6. The van der Waals surface area contributed by atoms with Crippen molar-refractivity contribution in [2.75, 3.05) is 23.7 Å². The van der Waals surface area contributed by atoms with E-state index in [-0.39, 0.29) is 28.2 Å². The lowest BCUT2D eigenvalue weighted by Crippen LogP contribution is -2.52. The van der Waals surface area contributed by atoms with Crippen molar-refractivity contribution in [1.82, 2.24) is 10.2 Å². The summed E-state index contributed by atoms with van der Waals surface area (Å²) in [5.41, 5.74) is 0.830. The summed E-state index contributed by atoms with van der Waals surface area (Å²) in [6, 6.07) is 10.6. The summed E-state index contributed by atoms with van der Waals surface area (Å²) in [6.07, 6.45) is 3.04. The van der Waals surface area contributed by atoms with Gasteiger partial charge in [0.15, 0.2) is 0 Å². The normalized spacial score (nSPS) is 12.2. The van der Waals surface area contributed by atoms with Gasteiger partial charge in [-0.05, 0) is 42.7 Å². The molecule has 192 valence electrons. The van der Waals surface area contributed by atoms with Crippen molar-refractivity contribution in [2.45, 2.75) is 45.7 Å². The molecule has 0 aromatic heterocycles. The summed E-state index contributed by atoms with van der Waals surface area (Å²) >= 11 is 18.4. The van der Waals surface area contributed by atoms with Gasteiger partial charge in [0.25, 0.3) is 0 Å². The number of sulfonamides is 1. The van der Waals surface area contributed by atoms with Gasteiger partial charge in [-0.1, -0.05) is 73.3 Å². The molecule has 0 aliphatic rings. The van der Waals surface area contributed by atoms with Crippen LogP contribution in [0.15, 0.2) is 42.5 Å². The van der Waals surface area contributed by atoms with Crippen molar-refractivity contribution < 1.29 is 18.0 Å². The first-order chi connectivity index (χ1) is 16.5. The fraction of sp³-hybridized carbons (Fsp3) is 0.417. The van der Waals surface area contributed by atoms with Gasteiger partial charge in [0.1, 0.15) is 12.6 Å². The first-order valence-electron chi connectivity index (χ1n) is 11.2. The van der Waals surface area contributed by atoms with Crippen LogP contribution in [-0.4, -0.2) is 50.5 Å². The van der Waals surface area contributed by atoms with Gasteiger partial charge in [-0.2, -0.15) is 0 Å². The number of hydrogen-bond donors (Lipinski definition) is 1. The molecule has 0 heterocycles. The monoisotopic (exact) mass is 561 g/mol. The molecular weight excluding hydrogens is 533 g/mol. The first kappa shape index (κ1) is 29.2. The fourth-order valence-corrected chi connectivity index (χ4v) is 4.92. The highest BCUT2D eigenvalue weighted by Gasteiger charge is 2.32. The van der Waals surface area contributed by atoms with Crippen molar-refractivity contribution in [3.63, 3.8) is 0 Å². The zero-order valence-corrected chi connectivity index (χ0v) is 23.0. The molecule has 35 heavy (non-hydrogen) atoms. The Morgan fingerprint density at radius 3 is 2.26 bits per heavy atom. The summed E-state index contributed by atoms with van der Waals surface area (Å²) < 4.78 is 26.2. The van der Waals surface area contributed by atoms with Crippen molar-refractivity contribution in [2.24, 2.45) is 0 Å².